The molecule has 0 saturated carbocycles. The smallest absolute Gasteiger partial charge is 0.246 e. The molecular formula is C22H22N6O2S. The van der Waals surface area contributed by atoms with Crippen molar-refractivity contribution in [2.75, 3.05) is 6.54 Å². The van der Waals surface area contributed by atoms with Crippen LogP contribution < -0.4 is 4.74 Å². The summed E-state index contributed by atoms with van der Waals surface area (Å²) < 4.78 is 6.80. The highest BCUT2D eigenvalue weighted by Crippen LogP contribution is 2.35. The number of fused-ring (bicyclic) bond motifs is 1. The summed E-state index contributed by atoms with van der Waals surface area (Å²) in [5.41, 5.74) is 0.987. The van der Waals surface area contributed by atoms with Crippen molar-refractivity contribution in [2.24, 2.45) is 0 Å². The third kappa shape index (κ3) is 4.41. The molecule has 0 bridgehead atoms. The minimum atomic E-state index is -0.0168. The molecule has 1 atom stereocenters. The topological polar surface area (TPSA) is 86.0 Å². The monoisotopic (exact) mass is 434 g/mol. The van der Waals surface area contributed by atoms with Crippen LogP contribution in [0.15, 0.2) is 54.6 Å². The number of nitrogens with zero attached hydrogens (tertiary/aromatic N) is 6. The van der Waals surface area contributed by atoms with Gasteiger partial charge < -0.3 is 9.64 Å². The number of benzene rings is 2. The highest BCUT2D eigenvalue weighted by atomic mass is 32.1. The van der Waals surface area contributed by atoms with Gasteiger partial charge >= 0.3 is 0 Å². The molecule has 0 radical (unpaired) electrons. The van der Waals surface area contributed by atoms with Gasteiger partial charge in [0, 0.05) is 6.54 Å². The van der Waals surface area contributed by atoms with Crippen molar-refractivity contribution in [3.8, 4) is 5.75 Å². The molecule has 2 aromatic heterocycles. The summed E-state index contributed by atoms with van der Waals surface area (Å²) in [5.74, 6) is 1.16. The predicted octanol–water partition coefficient (Wildman–Crippen LogP) is 3.62. The fourth-order valence-electron chi connectivity index (χ4n) is 3.80. The standard InChI is InChI=1S/C22H22N6O2S/c29-21(14-28-25-20(24-26-28)15-30-16-8-2-1-3-9-16)27-13-7-6-11-18(27)22-23-17-10-4-5-12-19(17)31-22/h1-5,8-10,12,18H,6-7,11,13-15H2/t18-/m0/s1. The summed E-state index contributed by atoms with van der Waals surface area (Å²) in [6.07, 6.45) is 3.01. The number of aromatic nitrogens is 5. The first kappa shape index (κ1) is 19.6. The van der Waals surface area contributed by atoms with E-state index in [1.165, 1.54) is 4.80 Å². The minimum absolute atomic E-state index is 0.00283. The van der Waals surface area contributed by atoms with Gasteiger partial charge in [0.1, 0.15) is 17.3 Å². The number of piperidine rings is 1. The van der Waals surface area contributed by atoms with E-state index >= 15 is 0 Å². The van der Waals surface area contributed by atoms with Crippen molar-refractivity contribution in [1.29, 1.82) is 0 Å². The Labute approximate surface area is 183 Å². The number of likely N-dealkylation sites (tertiary alicyclic amines) is 1. The van der Waals surface area contributed by atoms with Gasteiger partial charge in [0.05, 0.1) is 16.3 Å². The van der Waals surface area contributed by atoms with Gasteiger partial charge in [-0.1, -0.05) is 30.3 Å². The molecule has 1 aliphatic rings. The lowest BCUT2D eigenvalue weighted by Crippen LogP contribution is -2.40. The van der Waals surface area contributed by atoms with Gasteiger partial charge in [0.25, 0.3) is 0 Å². The Morgan fingerprint density at radius 2 is 1.94 bits per heavy atom. The van der Waals surface area contributed by atoms with Crippen LogP contribution in [0.1, 0.15) is 36.1 Å². The Morgan fingerprint density at radius 3 is 2.81 bits per heavy atom. The van der Waals surface area contributed by atoms with Gasteiger partial charge in [0.2, 0.25) is 11.7 Å². The lowest BCUT2D eigenvalue weighted by Gasteiger charge is -2.34. The fourth-order valence-corrected chi connectivity index (χ4v) is 4.91. The van der Waals surface area contributed by atoms with Crippen molar-refractivity contribution in [2.45, 2.75) is 38.5 Å². The van der Waals surface area contributed by atoms with Gasteiger partial charge in [0.15, 0.2) is 6.61 Å². The van der Waals surface area contributed by atoms with Crippen LogP contribution in [0.4, 0.5) is 0 Å². The first-order valence-electron chi connectivity index (χ1n) is 10.4. The third-order valence-corrected chi connectivity index (χ3v) is 6.44. The quantitative estimate of drug-likeness (QED) is 0.461. The number of hydrogen-bond donors (Lipinski definition) is 0. The Morgan fingerprint density at radius 1 is 1.10 bits per heavy atom. The van der Waals surface area contributed by atoms with Crippen LogP contribution in [0.2, 0.25) is 0 Å². The van der Waals surface area contributed by atoms with E-state index in [-0.39, 0.29) is 25.1 Å². The molecule has 1 aliphatic heterocycles. The van der Waals surface area contributed by atoms with E-state index in [4.69, 9.17) is 9.72 Å². The van der Waals surface area contributed by atoms with Gasteiger partial charge in [-0.05, 0) is 48.7 Å². The maximum absolute atomic E-state index is 13.1. The molecule has 3 heterocycles. The summed E-state index contributed by atoms with van der Waals surface area (Å²) in [4.78, 5) is 21.2. The number of amides is 1. The van der Waals surface area contributed by atoms with E-state index in [1.54, 1.807) is 11.3 Å². The van der Waals surface area contributed by atoms with Crippen LogP contribution in [0.3, 0.4) is 0 Å². The molecule has 1 saturated heterocycles. The average Bonchev–Trinajstić information content (AvgIpc) is 3.45. The van der Waals surface area contributed by atoms with E-state index in [9.17, 15) is 4.79 Å². The van der Waals surface area contributed by atoms with E-state index < -0.39 is 0 Å². The zero-order valence-corrected chi connectivity index (χ0v) is 17.7. The number of thiazole rings is 1. The van der Waals surface area contributed by atoms with Crippen LogP contribution in [0.25, 0.3) is 10.2 Å². The van der Waals surface area contributed by atoms with Crippen molar-refractivity contribution >= 4 is 27.5 Å². The molecule has 0 unspecified atom stereocenters. The predicted molar refractivity (Wildman–Crippen MR) is 117 cm³/mol. The first-order chi connectivity index (χ1) is 15.3. The summed E-state index contributed by atoms with van der Waals surface area (Å²) in [6, 6.07) is 17.6. The lowest BCUT2D eigenvalue weighted by atomic mass is 10.0. The first-order valence-corrected chi connectivity index (χ1v) is 11.2. The molecule has 0 spiro atoms. The van der Waals surface area contributed by atoms with Crippen LogP contribution >= 0.6 is 11.3 Å². The molecule has 31 heavy (non-hydrogen) atoms. The van der Waals surface area contributed by atoms with Crippen molar-refractivity contribution in [3.05, 3.63) is 65.4 Å². The molecule has 0 aliphatic carbocycles. The second-order valence-electron chi connectivity index (χ2n) is 7.46. The van der Waals surface area contributed by atoms with E-state index in [1.807, 2.05) is 53.4 Å². The highest BCUT2D eigenvalue weighted by molar-refractivity contribution is 7.18. The molecule has 4 aromatic rings. The number of tetrazole rings is 1. The summed E-state index contributed by atoms with van der Waals surface area (Å²) in [5, 5.41) is 13.3. The molecule has 5 rings (SSSR count). The summed E-state index contributed by atoms with van der Waals surface area (Å²) in [6.45, 7) is 0.980. The SMILES string of the molecule is O=C(Cn1nnc(COc2ccccc2)n1)N1CCCC[C@H]1c1nc2ccccc2s1. The molecule has 0 N–H and O–H groups in total. The molecule has 158 valence electrons. The molecule has 2 aromatic carbocycles. The van der Waals surface area contributed by atoms with Gasteiger partial charge in [-0.25, -0.2) is 4.98 Å². The molecule has 9 heteroatoms. The largest absolute Gasteiger partial charge is 0.485 e. The number of ether oxygens (including phenoxy) is 1. The van der Waals surface area contributed by atoms with Crippen LogP contribution in [-0.4, -0.2) is 42.5 Å². The summed E-state index contributed by atoms with van der Waals surface area (Å²) >= 11 is 1.67. The van der Waals surface area contributed by atoms with Crippen molar-refractivity contribution in [1.82, 2.24) is 30.1 Å². The molecule has 8 nitrogen and oxygen atoms in total. The van der Waals surface area contributed by atoms with E-state index in [0.717, 1.165) is 46.8 Å². The summed E-state index contributed by atoms with van der Waals surface area (Å²) in [7, 11) is 0. The highest BCUT2D eigenvalue weighted by Gasteiger charge is 2.30. The minimum Gasteiger partial charge on any atom is -0.485 e. The van der Waals surface area contributed by atoms with Crippen LogP contribution in [0, 0.1) is 0 Å². The van der Waals surface area contributed by atoms with E-state index in [0.29, 0.717) is 5.82 Å². The number of hydrogen-bond acceptors (Lipinski definition) is 7. The Balaban J connectivity index is 1.26. The number of carbonyl (C=O) groups excluding carboxylic acids is 1. The average molecular weight is 435 g/mol. The van der Waals surface area contributed by atoms with Crippen molar-refractivity contribution < 1.29 is 9.53 Å². The number of rotatable bonds is 6. The van der Waals surface area contributed by atoms with Gasteiger partial charge in [-0.2, -0.15) is 4.80 Å². The Bertz CT molecular complexity index is 1140. The molecule has 1 fully saturated rings. The molecular weight excluding hydrogens is 412 g/mol. The van der Waals surface area contributed by atoms with Gasteiger partial charge in [-0.3, -0.25) is 4.79 Å². The zero-order valence-electron chi connectivity index (χ0n) is 16.9. The normalized spacial score (nSPS) is 16.5. The fraction of sp³-hybridized carbons (Fsp3) is 0.318. The van der Waals surface area contributed by atoms with Crippen molar-refractivity contribution in [3.63, 3.8) is 0 Å². The zero-order chi connectivity index (χ0) is 21.0. The second kappa shape index (κ2) is 8.81. The Hall–Kier alpha value is -3.33. The molecule has 1 amide bonds. The lowest BCUT2D eigenvalue weighted by molar-refractivity contribution is -0.136. The Kier molecular flexibility index (Phi) is 5.57. The number of carbonyl (C=O) groups is 1. The van der Waals surface area contributed by atoms with E-state index in [2.05, 4.69) is 21.5 Å². The number of para-hydroxylation sites is 2. The maximum atomic E-state index is 13.1. The van der Waals surface area contributed by atoms with Crippen LogP contribution in [0.5, 0.6) is 5.75 Å². The maximum Gasteiger partial charge on any atom is 0.246 e. The van der Waals surface area contributed by atoms with Gasteiger partial charge in [-0.15, -0.1) is 21.5 Å². The third-order valence-electron chi connectivity index (χ3n) is 5.30. The van der Waals surface area contributed by atoms with Crippen LogP contribution in [-0.2, 0) is 17.9 Å². The second-order valence-corrected chi connectivity index (χ2v) is 8.52.